The van der Waals surface area contributed by atoms with Gasteiger partial charge in [-0.25, -0.2) is 0 Å². The lowest BCUT2D eigenvalue weighted by molar-refractivity contribution is -0.129. The lowest BCUT2D eigenvalue weighted by atomic mass is 9.98. The molecule has 1 unspecified atom stereocenters. The zero-order valence-corrected chi connectivity index (χ0v) is 13.0. The van der Waals surface area contributed by atoms with Gasteiger partial charge in [-0.15, -0.1) is 0 Å². The zero-order valence-electron chi connectivity index (χ0n) is 13.0. The summed E-state index contributed by atoms with van der Waals surface area (Å²) in [6.45, 7) is 0.814. The van der Waals surface area contributed by atoms with Crippen molar-refractivity contribution in [2.75, 3.05) is 6.54 Å². The van der Waals surface area contributed by atoms with Crippen molar-refractivity contribution in [1.82, 2.24) is 25.4 Å². The second-order valence-corrected chi connectivity index (χ2v) is 5.67. The summed E-state index contributed by atoms with van der Waals surface area (Å²) in [5.41, 5.74) is 2.67. The predicted octanol–water partition coefficient (Wildman–Crippen LogP) is 0.624. The Morgan fingerprint density at radius 3 is 3.09 bits per heavy atom. The fraction of sp³-hybridized carbons (Fsp3) is 0.375. The van der Waals surface area contributed by atoms with Crippen LogP contribution in [0.5, 0.6) is 0 Å². The minimum absolute atomic E-state index is 0.0140. The number of hydrogen-bond donors (Lipinski definition) is 2. The number of hydrogen-bond acceptors (Lipinski definition) is 4. The van der Waals surface area contributed by atoms with Gasteiger partial charge < -0.3 is 10.6 Å². The topological polar surface area (TPSA) is 88.9 Å². The van der Waals surface area contributed by atoms with Gasteiger partial charge in [0.25, 0.3) is 0 Å². The van der Waals surface area contributed by atoms with Crippen LogP contribution in [0.3, 0.4) is 0 Å². The second kappa shape index (κ2) is 6.60. The summed E-state index contributed by atoms with van der Waals surface area (Å²) in [7, 11) is 1.85. The first kappa shape index (κ1) is 15.2. The average Bonchev–Trinajstić information content (AvgIpc) is 3.00. The monoisotopic (exact) mass is 313 g/mol. The van der Waals surface area contributed by atoms with Crippen molar-refractivity contribution >= 4 is 11.8 Å². The maximum absolute atomic E-state index is 12.2. The normalized spacial score (nSPS) is 17.6. The number of carbonyl (C=O) groups excluding carboxylic acids is 2. The van der Waals surface area contributed by atoms with Crippen LogP contribution < -0.4 is 10.6 Å². The molecule has 0 saturated carbocycles. The van der Waals surface area contributed by atoms with Crippen LogP contribution in [0, 0.1) is 5.92 Å². The third-order valence-corrected chi connectivity index (χ3v) is 3.96. The Bertz CT molecular complexity index is 715. The quantitative estimate of drug-likeness (QED) is 0.866. The highest BCUT2D eigenvalue weighted by Gasteiger charge is 2.24. The van der Waals surface area contributed by atoms with Gasteiger partial charge in [-0.3, -0.25) is 19.3 Å². The minimum atomic E-state index is -0.161. The molecule has 1 atom stereocenters. The summed E-state index contributed by atoms with van der Waals surface area (Å²) in [4.78, 5) is 27.8. The molecule has 2 amide bonds. The van der Waals surface area contributed by atoms with Crippen LogP contribution in [0.15, 0.2) is 30.7 Å². The molecule has 0 aromatic carbocycles. The van der Waals surface area contributed by atoms with Crippen molar-refractivity contribution in [1.29, 1.82) is 0 Å². The number of carbonyl (C=O) groups is 2. The zero-order chi connectivity index (χ0) is 16.2. The molecule has 2 N–H and O–H groups in total. The molecule has 7 heteroatoms. The van der Waals surface area contributed by atoms with E-state index in [0.29, 0.717) is 25.9 Å². The van der Waals surface area contributed by atoms with E-state index in [9.17, 15) is 9.59 Å². The van der Waals surface area contributed by atoms with E-state index in [1.165, 1.54) is 0 Å². The molecule has 2 aromatic rings. The number of pyridine rings is 1. The molecular weight excluding hydrogens is 294 g/mol. The fourth-order valence-electron chi connectivity index (χ4n) is 2.67. The van der Waals surface area contributed by atoms with Crippen LogP contribution in [0.25, 0.3) is 11.3 Å². The van der Waals surface area contributed by atoms with E-state index in [0.717, 1.165) is 16.8 Å². The number of rotatable bonds is 4. The Hall–Kier alpha value is -2.70. The second-order valence-electron chi connectivity index (χ2n) is 5.67. The maximum Gasteiger partial charge on any atom is 0.225 e. The summed E-state index contributed by atoms with van der Waals surface area (Å²) in [5.74, 6) is -0.183. The largest absolute Gasteiger partial charge is 0.355 e. The Morgan fingerprint density at radius 2 is 2.39 bits per heavy atom. The number of aromatic nitrogens is 3. The third kappa shape index (κ3) is 3.56. The molecule has 1 aliphatic rings. The molecule has 120 valence electrons. The van der Waals surface area contributed by atoms with Crippen molar-refractivity contribution in [2.24, 2.45) is 13.0 Å². The molecule has 3 heterocycles. The number of aryl methyl sites for hydroxylation is 1. The van der Waals surface area contributed by atoms with Crippen LogP contribution in [0.4, 0.5) is 0 Å². The van der Waals surface area contributed by atoms with Gasteiger partial charge in [0.1, 0.15) is 0 Å². The smallest absolute Gasteiger partial charge is 0.225 e. The van der Waals surface area contributed by atoms with Crippen LogP contribution in [-0.4, -0.2) is 33.1 Å². The molecule has 3 rings (SSSR count). The third-order valence-electron chi connectivity index (χ3n) is 3.96. The van der Waals surface area contributed by atoms with E-state index in [4.69, 9.17) is 0 Å². The van der Waals surface area contributed by atoms with Crippen LogP contribution >= 0.6 is 0 Å². The highest BCUT2D eigenvalue weighted by molar-refractivity contribution is 5.83. The summed E-state index contributed by atoms with van der Waals surface area (Å²) < 4.78 is 1.72. The summed E-state index contributed by atoms with van der Waals surface area (Å²) >= 11 is 0. The molecule has 1 saturated heterocycles. The Kier molecular flexibility index (Phi) is 4.36. The van der Waals surface area contributed by atoms with E-state index >= 15 is 0 Å². The Balaban J connectivity index is 1.66. The number of nitrogens with zero attached hydrogens (tertiary/aromatic N) is 3. The lowest BCUT2D eigenvalue weighted by Crippen LogP contribution is -2.42. The van der Waals surface area contributed by atoms with Crippen molar-refractivity contribution in [3.05, 3.63) is 36.3 Å². The molecule has 23 heavy (non-hydrogen) atoms. The van der Waals surface area contributed by atoms with Gasteiger partial charge in [-0.05, 0) is 18.1 Å². The molecule has 1 aliphatic heterocycles. The standard InChI is InChI=1S/C16H19N5O2/c1-21-10-13(9-20-21)15-11(3-2-6-17-15)7-19-16(23)12-4-5-14(22)18-8-12/h2-3,6,9-10,12H,4-5,7-8H2,1H3,(H,18,22)(H,19,23). The molecule has 1 fully saturated rings. The van der Waals surface area contributed by atoms with Gasteiger partial charge in [0.2, 0.25) is 11.8 Å². The van der Waals surface area contributed by atoms with Crippen molar-refractivity contribution in [3.8, 4) is 11.3 Å². The summed E-state index contributed by atoms with van der Waals surface area (Å²) in [6, 6.07) is 3.79. The molecular formula is C16H19N5O2. The van der Waals surface area contributed by atoms with Gasteiger partial charge in [-0.2, -0.15) is 5.10 Å². The number of amides is 2. The first-order valence-corrected chi connectivity index (χ1v) is 7.61. The van der Waals surface area contributed by atoms with Gasteiger partial charge in [0.15, 0.2) is 0 Å². The maximum atomic E-state index is 12.2. The molecule has 0 spiro atoms. The molecule has 0 radical (unpaired) electrons. The SMILES string of the molecule is Cn1cc(-c2ncccc2CNC(=O)C2CCC(=O)NC2)cn1. The van der Waals surface area contributed by atoms with Crippen molar-refractivity contribution < 1.29 is 9.59 Å². The molecule has 2 aromatic heterocycles. The van der Waals surface area contributed by atoms with E-state index < -0.39 is 0 Å². The Labute approximate surface area is 134 Å². The van der Waals surface area contributed by atoms with Crippen LogP contribution in [-0.2, 0) is 23.2 Å². The van der Waals surface area contributed by atoms with Gasteiger partial charge >= 0.3 is 0 Å². The van der Waals surface area contributed by atoms with Crippen LogP contribution in [0.2, 0.25) is 0 Å². The Morgan fingerprint density at radius 1 is 1.52 bits per heavy atom. The first-order valence-electron chi connectivity index (χ1n) is 7.61. The lowest BCUT2D eigenvalue weighted by Gasteiger charge is -2.21. The molecule has 0 bridgehead atoms. The molecule has 0 aliphatic carbocycles. The fourth-order valence-corrected chi connectivity index (χ4v) is 2.67. The van der Waals surface area contributed by atoms with E-state index in [1.54, 1.807) is 17.1 Å². The predicted molar refractivity (Wildman–Crippen MR) is 84.0 cm³/mol. The average molecular weight is 313 g/mol. The van der Waals surface area contributed by atoms with E-state index in [-0.39, 0.29) is 17.7 Å². The number of piperidine rings is 1. The van der Waals surface area contributed by atoms with E-state index in [2.05, 4.69) is 20.7 Å². The van der Waals surface area contributed by atoms with Gasteiger partial charge in [0, 0.05) is 44.5 Å². The summed E-state index contributed by atoms with van der Waals surface area (Å²) in [5, 5.41) is 9.83. The summed E-state index contributed by atoms with van der Waals surface area (Å²) in [6.07, 6.45) is 6.38. The van der Waals surface area contributed by atoms with Gasteiger partial charge in [-0.1, -0.05) is 6.07 Å². The highest BCUT2D eigenvalue weighted by Crippen LogP contribution is 2.20. The highest BCUT2D eigenvalue weighted by atomic mass is 16.2. The first-order chi connectivity index (χ1) is 11.1. The van der Waals surface area contributed by atoms with Crippen molar-refractivity contribution in [3.63, 3.8) is 0 Å². The molecule has 7 nitrogen and oxygen atoms in total. The van der Waals surface area contributed by atoms with Crippen molar-refractivity contribution in [2.45, 2.75) is 19.4 Å². The van der Waals surface area contributed by atoms with E-state index in [1.807, 2.05) is 25.4 Å². The van der Waals surface area contributed by atoms with Gasteiger partial charge in [0.05, 0.1) is 17.8 Å². The minimum Gasteiger partial charge on any atom is -0.355 e. The number of nitrogens with one attached hydrogen (secondary N) is 2. The van der Waals surface area contributed by atoms with Crippen LogP contribution in [0.1, 0.15) is 18.4 Å².